The molecule has 0 aromatic carbocycles. The topological polar surface area (TPSA) is 63.8 Å². The van der Waals surface area contributed by atoms with Crippen LogP contribution in [0.25, 0.3) is 0 Å². The fourth-order valence-corrected chi connectivity index (χ4v) is 6.42. The third-order valence-corrected chi connectivity index (χ3v) is 10.1. The summed E-state index contributed by atoms with van der Waals surface area (Å²) in [5, 5.41) is 13.4. The van der Waals surface area contributed by atoms with Crippen molar-refractivity contribution in [2.24, 2.45) is 29.6 Å². The number of nitrogens with zero attached hydrogens (tertiary/aromatic N) is 2. The highest BCUT2D eigenvalue weighted by Crippen LogP contribution is 2.20. The number of hydrogen-bond acceptors (Lipinski definition) is 7. The number of piperazine rings is 1. The average Bonchev–Trinajstić information content (AvgIpc) is 3.27. The lowest BCUT2D eigenvalue weighted by Crippen LogP contribution is -2.46. The van der Waals surface area contributed by atoms with Gasteiger partial charge in [-0.2, -0.15) is 0 Å². The molecular formula is C48H110N6O. The highest BCUT2D eigenvalue weighted by molar-refractivity contribution is 5.08. The molecule has 0 saturated carbocycles. The first-order valence-electron chi connectivity index (χ1n) is 24.1. The maximum atomic E-state index is 5.21. The third-order valence-electron chi connectivity index (χ3n) is 10.1. The normalized spacial score (nSPS) is 19.9. The quantitative estimate of drug-likeness (QED) is 0.207. The van der Waals surface area contributed by atoms with Gasteiger partial charge in [0.15, 0.2) is 0 Å². The molecule has 4 N–H and O–H groups in total. The summed E-state index contributed by atoms with van der Waals surface area (Å²) >= 11 is 0. The van der Waals surface area contributed by atoms with Crippen molar-refractivity contribution in [3.63, 3.8) is 0 Å². The molecule has 0 bridgehead atoms. The Morgan fingerprint density at radius 3 is 1.24 bits per heavy atom. The zero-order valence-electron chi connectivity index (χ0n) is 41.9. The molecule has 7 nitrogen and oxygen atoms in total. The van der Waals surface area contributed by atoms with Gasteiger partial charge in [-0.15, -0.1) is 0 Å². The first-order valence-corrected chi connectivity index (χ1v) is 24.1. The van der Waals surface area contributed by atoms with Gasteiger partial charge in [-0.05, 0) is 122 Å². The van der Waals surface area contributed by atoms with Crippen molar-refractivity contribution in [1.29, 1.82) is 0 Å². The number of rotatable bonds is 5. The number of hydrogen-bond donors (Lipinski definition) is 4. The molecule has 1 unspecified atom stereocenters. The third kappa shape index (κ3) is 40.0. The SMILES string of the molecule is CC.CC.CC.CC.CC.CC(C)C1=CCNCC1.CC(C)C1CCCNC1.CC(C)C1CCNCC1.CC(C)N1CCNCC1.CC(C)N1CCOCC1. The van der Waals surface area contributed by atoms with Crippen LogP contribution in [0.15, 0.2) is 11.6 Å². The lowest BCUT2D eigenvalue weighted by molar-refractivity contribution is 0.0238. The van der Waals surface area contributed by atoms with Crippen LogP contribution in [0.5, 0.6) is 0 Å². The molecule has 4 saturated heterocycles. The van der Waals surface area contributed by atoms with Crippen molar-refractivity contribution < 1.29 is 4.74 Å². The number of piperidine rings is 2. The summed E-state index contributed by atoms with van der Waals surface area (Å²) in [6.45, 7) is 58.8. The Balaban J connectivity index is -0.000000179. The largest absolute Gasteiger partial charge is 0.379 e. The van der Waals surface area contributed by atoms with E-state index in [4.69, 9.17) is 4.74 Å². The molecule has 1 atom stereocenters. The Morgan fingerprint density at radius 2 is 0.964 bits per heavy atom. The minimum atomic E-state index is 0.689. The molecule has 0 spiro atoms. The smallest absolute Gasteiger partial charge is 0.0594 e. The van der Waals surface area contributed by atoms with E-state index in [1.54, 1.807) is 5.57 Å². The summed E-state index contributed by atoms with van der Waals surface area (Å²) in [6.07, 6.45) is 9.15. The van der Waals surface area contributed by atoms with E-state index in [1.165, 1.54) is 77.9 Å². The summed E-state index contributed by atoms with van der Waals surface area (Å²) in [5.74, 6) is 4.46. The second kappa shape index (κ2) is 49.6. The minimum Gasteiger partial charge on any atom is -0.379 e. The van der Waals surface area contributed by atoms with Crippen LogP contribution in [0.1, 0.15) is 171 Å². The van der Waals surface area contributed by atoms with Crippen LogP contribution in [0.4, 0.5) is 0 Å². The summed E-state index contributed by atoms with van der Waals surface area (Å²) < 4.78 is 5.21. The molecular weight excluding hydrogens is 677 g/mol. The number of nitrogens with one attached hydrogen (secondary N) is 4. The van der Waals surface area contributed by atoms with Gasteiger partial charge in [-0.1, -0.05) is 122 Å². The zero-order chi connectivity index (χ0) is 43.5. The van der Waals surface area contributed by atoms with Crippen molar-refractivity contribution in [3.8, 4) is 0 Å². The zero-order valence-corrected chi connectivity index (χ0v) is 41.9. The molecule has 338 valence electrons. The predicted octanol–water partition coefficient (Wildman–Crippen LogP) is 11.0. The van der Waals surface area contributed by atoms with Gasteiger partial charge in [-0.3, -0.25) is 9.80 Å². The summed E-state index contributed by atoms with van der Waals surface area (Å²) in [4.78, 5) is 4.93. The van der Waals surface area contributed by atoms with Gasteiger partial charge in [0.05, 0.1) is 13.2 Å². The monoisotopic (exact) mass is 787 g/mol. The molecule has 5 aliphatic heterocycles. The van der Waals surface area contributed by atoms with E-state index >= 15 is 0 Å². The van der Waals surface area contributed by atoms with Crippen molar-refractivity contribution >= 4 is 0 Å². The molecule has 4 fully saturated rings. The fourth-order valence-electron chi connectivity index (χ4n) is 6.42. The lowest BCUT2D eigenvalue weighted by Gasteiger charge is -2.30. The highest BCUT2D eigenvalue weighted by atomic mass is 16.5. The van der Waals surface area contributed by atoms with Crippen LogP contribution < -0.4 is 21.3 Å². The van der Waals surface area contributed by atoms with Crippen LogP contribution in [-0.4, -0.2) is 114 Å². The van der Waals surface area contributed by atoms with Crippen LogP contribution in [0, 0.1) is 29.6 Å². The molecule has 0 radical (unpaired) electrons. The number of morpholine rings is 1. The Labute approximate surface area is 350 Å². The maximum absolute atomic E-state index is 5.21. The summed E-state index contributed by atoms with van der Waals surface area (Å²) in [6, 6.07) is 1.42. The van der Waals surface area contributed by atoms with Gasteiger partial charge in [0.25, 0.3) is 0 Å². The Morgan fingerprint density at radius 1 is 0.509 bits per heavy atom. The number of ether oxygens (including phenoxy) is 1. The molecule has 0 aromatic heterocycles. The van der Waals surface area contributed by atoms with Gasteiger partial charge in [0.1, 0.15) is 0 Å². The van der Waals surface area contributed by atoms with E-state index in [1.807, 2.05) is 69.2 Å². The Hall–Kier alpha value is -0.540. The van der Waals surface area contributed by atoms with E-state index in [0.717, 1.165) is 81.6 Å². The molecule has 5 aliphatic rings. The Bertz CT molecular complexity index is 601. The fraction of sp³-hybridized carbons (Fsp3) is 0.958. The van der Waals surface area contributed by atoms with Gasteiger partial charge < -0.3 is 26.0 Å². The van der Waals surface area contributed by atoms with E-state index in [0.29, 0.717) is 6.04 Å². The van der Waals surface area contributed by atoms with Gasteiger partial charge in [0, 0.05) is 57.9 Å². The molecule has 0 aromatic rings. The summed E-state index contributed by atoms with van der Waals surface area (Å²) in [5.41, 5.74) is 1.62. The van der Waals surface area contributed by atoms with E-state index in [2.05, 4.69) is 106 Å². The van der Waals surface area contributed by atoms with Crippen molar-refractivity contribution in [3.05, 3.63) is 11.6 Å². The predicted molar refractivity (Wildman–Crippen MR) is 255 cm³/mol. The molecule has 5 heterocycles. The minimum absolute atomic E-state index is 0.689. The van der Waals surface area contributed by atoms with E-state index in [-0.39, 0.29) is 0 Å². The van der Waals surface area contributed by atoms with Crippen LogP contribution in [-0.2, 0) is 4.74 Å². The van der Waals surface area contributed by atoms with Crippen LogP contribution in [0.2, 0.25) is 0 Å². The average molecular weight is 787 g/mol. The van der Waals surface area contributed by atoms with Crippen LogP contribution in [0.3, 0.4) is 0 Å². The molecule has 0 amide bonds. The first kappa shape index (κ1) is 63.6. The highest BCUT2D eigenvalue weighted by Gasteiger charge is 2.16. The maximum Gasteiger partial charge on any atom is 0.0594 e. The first-order chi connectivity index (χ1) is 26.5. The second-order valence-corrected chi connectivity index (χ2v) is 15.2. The van der Waals surface area contributed by atoms with Crippen molar-refractivity contribution in [1.82, 2.24) is 31.1 Å². The molecule has 55 heavy (non-hydrogen) atoms. The van der Waals surface area contributed by atoms with Crippen molar-refractivity contribution in [2.75, 3.05) is 91.8 Å². The van der Waals surface area contributed by atoms with E-state index < -0.39 is 0 Å². The Kier molecular flexibility index (Phi) is 57.4. The molecule has 0 aliphatic carbocycles. The van der Waals surface area contributed by atoms with Gasteiger partial charge in [-0.25, -0.2) is 0 Å². The van der Waals surface area contributed by atoms with E-state index in [9.17, 15) is 0 Å². The standard InChI is InChI=1S/C8H17N.C8H15N.C8H17N.C7H16N2.C7H15NO.5C2H6/c2*1-7(2)8-3-5-9-6-4-8;1-7(2)8-4-3-5-9-6-8;1-7(2)9-5-3-8-4-6-9;1-7(2)8-3-5-9-6-4-8;5*1-2/h7-9H,3-6H2,1-2H3;3,7,9H,4-6H2,1-2H3;7-9H,3-6H2,1-2H3;7-8H,3-6H2,1-2H3;7H,3-6H2,1-2H3;5*1-2H3. The van der Waals surface area contributed by atoms with Gasteiger partial charge >= 0.3 is 0 Å². The second-order valence-electron chi connectivity index (χ2n) is 15.2. The molecule has 5 rings (SSSR count). The van der Waals surface area contributed by atoms with Crippen LogP contribution >= 0.6 is 0 Å². The molecule has 7 heteroatoms. The van der Waals surface area contributed by atoms with Gasteiger partial charge in [0.2, 0.25) is 0 Å². The lowest BCUT2D eigenvalue weighted by atomic mass is 9.87. The summed E-state index contributed by atoms with van der Waals surface area (Å²) in [7, 11) is 0. The van der Waals surface area contributed by atoms with Crippen molar-refractivity contribution in [2.45, 2.75) is 183 Å².